The third-order valence-electron chi connectivity index (χ3n) is 17.4. The maximum Gasteiger partial charge on any atom is 0.331 e. The number of ether oxygens (including phenoxy) is 6. The molecule has 6 aromatic carbocycles. The molecule has 416 valence electrons. The minimum Gasteiger partial charge on any atom is -0.424 e. The van der Waals surface area contributed by atoms with Crippen molar-refractivity contribution in [3.63, 3.8) is 0 Å². The molecule has 12 heteroatoms. The second-order valence-corrected chi connectivity index (χ2v) is 23.3. The molecule has 12 rings (SSSR count). The summed E-state index contributed by atoms with van der Waals surface area (Å²) in [6.07, 6.45) is 25.3. The van der Waals surface area contributed by atoms with E-state index in [0.29, 0.717) is 58.2 Å². The third kappa shape index (κ3) is 13.8. The van der Waals surface area contributed by atoms with Crippen LogP contribution >= 0.6 is 0 Å². The Balaban J connectivity index is 0.738. The van der Waals surface area contributed by atoms with E-state index >= 15 is 0 Å². The van der Waals surface area contributed by atoms with Gasteiger partial charge in [0.1, 0.15) is 34.5 Å². The highest BCUT2D eigenvalue weighted by Crippen LogP contribution is 2.40. The fourth-order valence-electron chi connectivity index (χ4n) is 12.6. The Labute approximate surface area is 477 Å². The van der Waals surface area contributed by atoms with Crippen LogP contribution in [0.4, 0.5) is 0 Å². The summed E-state index contributed by atoms with van der Waals surface area (Å²) in [6, 6.07) is 49.5. The average Bonchev–Trinajstić information content (AvgIpc) is 3.57. The van der Waals surface area contributed by atoms with Crippen LogP contribution in [0.2, 0.25) is 0 Å². The highest BCUT2D eigenvalue weighted by molar-refractivity contribution is 5.44. The summed E-state index contributed by atoms with van der Waals surface area (Å²) in [4.78, 5) is 27.6. The highest BCUT2D eigenvalue weighted by Gasteiger charge is 2.25. The van der Waals surface area contributed by atoms with Gasteiger partial charge in [-0.25, -0.2) is 0 Å². The first kappa shape index (κ1) is 53.8. The molecule has 0 N–H and O–H groups in total. The van der Waals surface area contributed by atoms with E-state index in [9.17, 15) is 0 Å². The molecule has 0 amide bonds. The maximum absolute atomic E-state index is 6.34. The minimum atomic E-state index is -0.403. The van der Waals surface area contributed by atoms with Crippen molar-refractivity contribution >= 4 is 0 Å². The van der Waals surface area contributed by atoms with Gasteiger partial charge in [0.25, 0.3) is 0 Å². The van der Waals surface area contributed by atoms with Crippen LogP contribution in [0.15, 0.2) is 146 Å². The van der Waals surface area contributed by atoms with Crippen molar-refractivity contribution in [2.45, 2.75) is 171 Å². The van der Waals surface area contributed by atoms with Gasteiger partial charge in [-0.1, -0.05) is 164 Å². The molecule has 0 aliphatic heterocycles. The van der Waals surface area contributed by atoms with Crippen molar-refractivity contribution in [1.29, 1.82) is 0 Å². The summed E-state index contributed by atoms with van der Waals surface area (Å²) in [5, 5.41) is 0. The van der Waals surface area contributed by atoms with Crippen molar-refractivity contribution in [3.05, 3.63) is 179 Å². The summed E-state index contributed by atoms with van der Waals surface area (Å²) < 4.78 is 37.8. The van der Waals surface area contributed by atoms with Crippen molar-refractivity contribution < 1.29 is 28.4 Å². The van der Waals surface area contributed by atoms with Gasteiger partial charge in [-0.3, -0.25) is 0 Å². The summed E-state index contributed by atoms with van der Waals surface area (Å²) in [5.74, 6) is 5.96. The van der Waals surface area contributed by atoms with Gasteiger partial charge in [-0.2, -0.15) is 0 Å². The zero-order chi connectivity index (χ0) is 54.8. The molecule has 0 bridgehead atoms. The molecule has 0 saturated heterocycles. The van der Waals surface area contributed by atoms with E-state index in [1.54, 1.807) is 0 Å². The molecule has 4 aliphatic rings. The normalized spacial score (nSPS) is 16.8. The Hall–Kier alpha value is -7.86. The SMILES string of the molecule is CC(C)(c1ccc(Oc2nc(Oc3ccc(C4CCCCC4)cc3)nc(Oc3ccc(C4CCCCC4)cc3)n2)cc1)c1ccc(Oc2nc(Oc3ccc(C4CCCCC4)cc3)nc(Oc3ccc(C4CCCCC4)cc3)n2)cc1. The van der Waals surface area contributed by atoms with Gasteiger partial charge in [0.15, 0.2) is 0 Å². The largest absolute Gasteiger partial charge is 0.424 e. The van der Waals surface area contributed by atoms with E-state index in [0.717, 1.165) is 11.1 Å². The Morgan fingerprint density at radius 1 is 0.247 bits per heavy atom. The van der Waals surface area contributed by atoms with Crippen LogP contribution in [0, 0.1) is 0 Å². The van der Waals surface area contributed by atoms with Gasteiger partial charge >= 0.3 is 36.1 Å². The van der Waals surface area contributed by atoms with Gasteiger partial charge in [-0.15, -0.1) is 29.9 Å². The van der Waals surface area contributed by atoms with Gasteiger partial charge in [0.2, 0.25) is 0 Å². The molecular formula is C69H74N6O6. The van der Waals surface area contributed by atoms with Crippen LogP contribution in [0.5, 0.6) is 70.6 Å². The fourth-order valence-corrected chi connectivity index (χ4v) is 12.6. The maximum atomic E-state index is 6.34. The van der Waals surface area contributed by atoms with Gasteiger partial charge in [-0.05, 0) is 181 Å². The Morgan fingerprint density at radius 2 is 0.420 bits per heavy atom. The summed E-state index contributed by atoms with van der Waals surface area (Å²) in [5.41, 5.74) is 7.10. The number of hydrogen-bond donors (Lipinski definition) is 0. The lowest BCUT2D eigenvalue weighted by Crippen LogP contribution is -2.18. The second kappa shape index (κ2) is 25.3. The number of aromatic nitrogens is 6. The molecule has 12 nitrogen and oxygen atoms in total. The third-order valence-corrected chi connectivity index (χ3v) is 17.4. The molecule has 0 atom stereocenters. The molecule has 0 spiro atoms. The summed E-state index contributed by atoms with van der Waals surface area (Å²) >= 11 is 0. The molecule has 8 aromatic rings. The Morgan fingerprint density at radius 3 is 0.605 bits per heavy atom. The van der Waals surface area contributed by atoms with Crippen molar-refractivity contribution in [2.75, 3.05) is 0 Å². The lowest BCUT2D eigenvalue weighted by Gasteiger charge is -2.26. The average molecular weight is 1080 g/mol. The zero-order valence-corrected chi connectivity index (χ0v) is 46.9. The molecule has 2 heterocycles. The number of rotatable bonds is 18. The lowest BCUT2D eigenvalue weighted by atomic mass is 9.78. The zero-order valence-electron chi connectivity index (χ0n) is 46.9. The van der Waals surface area contributed by atoms with Crippen LogP contribution < -0.4 is 28.4 Å². The number of hydrogen-bond acceptors (Lipinski definition) is 12. The molecule has 0 radical (unpaired) electrons. The van der Waals surface area contributed by atoms with Crippen LogP contribution in [0.3, 0.4) is 0 Å². The van der Waals surface area contributed by atoms with Crippen molar-refractivity contribution in [2.24, 2.45) is 0 Å². The van der Waals surface area contributed by atoms with Crippen molar-refractivity contribution in [3.8, 4) is 70.6 Å². The second-order valence-electron chi connectivity index (χ2n) is 23.3. The predicted molar refractivity (Wildman–Crippen MR) is 314 cm³/mol. The Bertz CT molecular complexity index is 2910. The Kier molecular flexibility index (Phi) is 16.8. The first-order chi connectivity index (χ1) is 39.8. The van der Waals surface area contributed by atoms with Gasteiger partial charge < -0.3 is 28.4 Å². The monoisotopic (exact) mass is 1080 g/mol. The summed E-state index contributed by atoms with van der Waals surface area (Å²) in [7, 11) is 0. The van der Waals surface area contributed by atoms with Crippen LogP contribution in [-0.4, -0.2) is 29.9 Å². The first-order valence-corrected chi connectivity index (χ1v) is 30.0. The van der Waals surface area contributed by atoms with Crippen LogP contribution in [0.1, 0.15) is 199 Å². The molecule has 4 fully saturated rings. The molecule has 4 aliphatic carbocycles. The quantitative estimate of drug-likeness (QED) is 0.0810. The minimum absolute atomic E-state index is 0.0535. The van der Waals surface area contributed by atoms with Crippen LogP contribution in [0.25, 0.3) is 0 Å². The van der Waals surface area contributed by atoms with E-state index in [4.69, 9.17) is 28.4 Å². The van der Waals surface area contributed by atoms with E-state index in [1.807, 2.05) is 72.8 Å². The van der Waals surface area contributed by atoms with Gasteiger partial charge in [0.05, 0.1) is 0 Å². The van der Waals surface area contributed by atoms with E-state index < -0.39 is 5.41 Å². The fraction of sp³-hybridized carbons (Fsp3) is 0.391. The topological polar surface area (TPSA) is 133 Å². The van der Waals surface area contributed by atoms with Crippen molar-refractivity contribution in [1.82, 2.24) is 29.9 Å². The van der Waals surface area contributed by atoms with Crippen LogP contribution in [-0.2, 0) is 5.41 Å². The lowest BCUT2D eigenvalue weighted by molar-refractivity contribution is 0.361. The predicted octanol–water partition coefficient (Wildman–Crippen LogP) is 19.3. The van der Waals surface area contributed by atoms with Gasteiger partial charge in [0, 0.05) is 5.41 Å². The molecular weight excluding hydrogens is 1010 g/mol. The highest BCUT2D eigenvalue weighted by atomic mass is 16.5. The van der Waals surface area contributed by atoms with E-state index in [1.165, 1.54) is 151 Å². The number of nitrogens with zero attached hydrogens (tertiary/aromatic N) is 6. The van der Waals surface area contributed by atoms with E-state index in [2.05, 4.69) is 117 Å². The standard InChI is InChI=1S/C69H74N6O6/c1-69(2,55-31-43-61(44-32-55)80-67-72-63(76-57-35-23-51(24-36-57)47-15-7-3-8-16-47)70-64(73-67)77-58-37-25-52(26-38-58)48-17-9-4-10-18-48)56-33-45-62(46-34-56)81-68-74-65(78-59-39-27-53(28-40-59)49-19-11-5-12-20-49)71-66(75-68)79-60-41-29-54(30-42-60)50-21-13-6-14-22-50/h23-50H,3-22H2,1-2H3. The van der Waals surface area contributed by atoms with E-state index in [-0.39, 0.29) is 36.1 Å². The number of benzene rings is 6. The molecule has 0 unspecified atom stereocenters. The first-order valence-electron chi connectivity index (χ1n) is 30.0. The smallest absolute Gasteiger partial charge is 0.331 e. The molecule has 2 aromatic heterocycles. The summed E-state index contributed by atoms with van der Waals surface area (Å²) in [6.45, 7) is 4.37. The molecule has 81 heavy (non-hydrogen) atoms. The molecule has 4 saturated carbocycles.